The molecule has 7 heteroatoms. The predicted octanol–water partition coefficient (Wildman–Crippen LogP) is -0.0790. The second-order valence-electron chi connectivity index (χ2n) is 4.41. The van der Waals surface area contributed by atoms with Crippen LogP contribution in [-0.4, -0.2) is 42.1 Å². The second-order valence-corrected chi connectivity index (χ2v) is 4.41. The Hall–Kier alpha value is -1.79. The Labute approximate surface area is 106 Å². The van der Waals surface area contributed by atoms with Crippen molar-refractivity contribution < 1.29 is 19.5 Å². The van der Waals surface area contributed by atoms with Gasteiger partial charge in [-0.3, -0.25) is 9.59 Å². The summed E-state index contributed by atoms with van der Waals surface area (Å²) in [6, 6.07) is -1.55. The minimum Gasteiger partial charge on any atom is -0.480 e. The average Bonchev–Trinajstić information content (AvgIpc) is 2.26. The normalized spacial score (nSPS) is 11.8. The molecule has 4 N–H and O–H groups in total. The molecule has 0 aliphatic carbocycles. The number of urea groups is 1. The molecule has 0 rings (SSSR count). The number of carbonyl (C=O) groups is 3. The van der Waals surface area contributed by atoms with Gasteiger partial charge in [0.05, 0.1) is 0 Å². The van der Waals surface area contributed by atoms with Gasteiger partial charge in [-0.2, -0.15) is 0 Å². The molecule has 0 spiro atoms. The first kappa shape index (κ1) is 16.2. The lowest BCUT2D eigenvalue weighted by molar-refractivity contribution is -0.138. The molecular weight excluding hydrogens is 238 g/mol. The van der Waals surface area contributed by atoms with Gasteiger partial charge in [-0.05, 0) is 12.8 Å². The van der Waals surface area contributed by atoms with Gasteiger partial charge in [-0.15, -0.1) is 0 Å². The maximum atomic E-state index is 11.3. The number of amides is 3. The summed E-state index contributed by atoms with van der Waals surface area (Å²) in [6.45, 7) is 6.10. The van der Waals surface area contributed by atoms with E-state index in [-0.39, 0.29) is 18.9 Å². The Kier molecular flexibility index (Phi) is 7.50. The Bertz CT molecular complexity index is 305. The zero-order chi connectivity index (χ0) is 14.1. The number of carboxylic acids is 1. The van der Waals surface area contributed by atoms with Crippen LogP contribution >= 0.6 is 0 Å². The maximum absolute atomic E-state index is 11.3. The highest BCUT2D eigenvalue weighted by Crippen LogP contribution is 1.88. The van der Waals surface area contributed by atoms with Crippen molar-refractivity contribution in [2.45, 2.75) is 33.2 Å². The van der Waals surface area contributed by atoms with E-state index in [1.165, 1.54) is 6.92 Å². The topological polar surface area (TPSA) is 108 Å². The first-order valence-electron chi connectivity index (χ1n) is 5.86. The summed E-state index contributed by atoms with van der Waals surface area (Å²) in [5, 5.41) is 15.9. The van der Waals surface area contributed by atoms with E-state index in [4.69, 9.17) is 5.11 Å². The molecule has 104 valence electrons. The highest BCUT2D eigenvalue weighted by Gasteiger charge is 2.13. The summed E-state index contributed by atoms with van der Waals surface area (Å²) in [4.78, 5) is 32.9. The summed E-state index contributed by atoms with van der Waals surface area (Å²) < 4.78 is 0. The van der Waals surface area contributed by atoms with E-state index in [0.29, 0.717) is 12.5 Å². The Morgan fingerprint density at radius 3 is 2.22 bits per heavy atom. The zero-order valence-electron chi connectivity index (χ0n) is 10.9. The highest BCUT2D eigenvalue weighted by molar-refractivity contribution is 5.82. The van der Waals surface area contributed by atoms with Gasteiger partial charge in [0.15, 0.2) is 0 Å². The van der Waals surface area contributed by atoms with E-state index < -0.39 is 18.0 Å². The van der Waals surface area contributed by atoms with E-state index in [0.717, 1.165) is 0 Å². The Balaban J connectivity index is 3.68. The minimum atomic E-state index is -1.11. The molecule has 0 unspecified atom stereocenters. The van der Waals surface area contributed by atoms with E-state index in [1.54, 1.807) is 0 Å². The van der Waals surface area contributed by atoms with Gasteiger partial charge in [-0.25, -0.2) is 4.79 Å². The molecule has 0 aromatic rings. The van der Waals surface area contributed by atoms with Gasteiger partial charge in [0, 0.05) is 19.5 Å². The molecule has 0 aliphatic rings. The van der Waals surface area contributed by atoms with Gasteiger partial charge in [0.1, 0.15) is 6.04 Å². The number of hydrogen-bond acceptors (Lipinski definition) is 3. The molecule has 0 fully saturated rings. The van der Waals surface area contributed by atoms with Crippen molar-refractivity contribution in [3.63, 3.8) is 0 Å². The van der Waals surface area contributed by atoms with Crippen LogP contribution in [0, 0.1) is 5.92 Å². The van der Waals surface area contributed by atoms with Crippen molar-refractivity contribution in [2.75, 3.05) is 13.1 Å². The molecule has 0 bridgehead atoms. The summed E-state index contributed by atoms with van der Waals surface area (Å²) in [5.41, 5.74) is 0. The summed E-state index contributed by atoms with van der Waals surface area (Å²) >= 11 is 0. The van der Waals surface area contributed by atoms with Crippen LogP contribution in [0.2, 0.25) is 0 Å². The summed E-state index contributed by atoms with van der Waals surface area (Å²) in [7, 11) is 0. The van der Waals surface area contributed by atoms with Crippen LogP contribution < -0.4 is 16.0 Å². The average molecular weight is 259 g/mol. The number of aliphatic carboxylic acids is 1. The Morgan fingerprint density at radius 2 is 1.72 bits per heavy atom. The van der Waals surface area contributed by atoms with Gasteiger partial charge < -0.3 is 21.1 Å². The zero-order valence-corrected chi connectivity index (χ0v) is 10.9. The Morgan fingerprint density at radius 1 is 1.11 bits per heavy atom. The molecule has 0 saturated heterocycles. The van der Waals surface area contributed by atoms with Crippen molar-refractivity contribution in [2.24, 2.45) is 5.92 Å². The number of carboxylic acid groups (broad SMARTS) is 1. The van der Waals surface area contributed by atoms with Crippen LogP contribution in [0.25, 0.3) is 0 Å². The second kappa shape index (κ2) is 8.32. The van der Waals surface area contributed by atoms with Crippen molar-refractivity contribution in [1.82, 2.24) is 16.0 Å². The monoisotopic (exact) mass is 259 g/mol. The van der Waals surface area contributed by atoms with E-state index in [2.05, 4.69) is 16.0 Å². The van der Waals surface area contributed by atoms with Crippen LogP contribution in [0.15, 0.2) is 0 Å². The van der Waals surface area contributed by atoms with Crippen molar-refractivity contribution in [3.05, 3.63) is 0 Å². The quantitative estimate of drug-likeness (QED) is 0.513. The largest absolute Gasteiger partial charge is 0.480 e. The first-order chi connectivity index (χ1) is 8.32. The SMILES string of the molecule is CC(C)CNC(=O)CCNC(=O)N[C@@H](C)C(=O)O. The fraction of sp³-hybridized carbons (Fsp3) is 0.727. The third-order valence-corrected chi connectivity index (χ3v) is 2.06. The molecule has 0 radical (unpaired) electrons. The fourth-order valence-electron chi connectivity index (χ4n) is 1.01. The van der Waals surface area contributed by atoms with Crippen LogP contribution in [0.4, 0.5) is 4.79 Å². The third-order valence-electron chi connectivity index (χ3n) is 2.06. The summed E-state index contributed by atoms with van der Waals surface area (Å²) in [5.74, 6) is -0.878. The van der Waals surface area contributed by atoms with Crippen LogP contribution in [-0.2, 0) is 9.59 Å². The van der Waals surface area contributed by atoms with E-state index in [9.17, 15) is 14.4 Å². The molecule has 0 aliphatic heterocycles. The highest BCUT2D eigenvalue weighted by atomic mass is 16.4. The fourth-order valence-corrected chi connectivity index (χ4v) is 1.01. The maximum Gasteiger partial charge on any atom is 0.325 e. The lowest BCUT2D eigenvalue weighted by atomic mass is 10.2. The number of nitrogens with one attached hydrogen (secondary N) is 3. The molecule has 0 saturated carbocycles. The molecule has 1 atom stereocenters. The smallest absolute Gasteiger partial charge is 0.325 e. The molecule has 18 heavy (non-hydrogen) atoms. The molecular formula is C11H21N3O4. The number of rotatable bonds is 7. The minimum absolute atomic E-state index is 0.143. The van der Waals surface area contributed by atoms with E-state index in [1.807, 2.05) is 13.8 Å². The van der Waals surface area contributed by atoms with Crippen molar-refractivity contribution in [1.29, 1.82) is 0 Å². The van der Waals surface area contributed by atoms with Gasteiger partial charge >= 0.3 is 12.0 Å². The van der Waals surface area contributed by atoms with Gasteiger partial charge in [0.25, 0.3) is 0 Å². The predicted molar refractivity (Wildman–Crippen MR) is 66.1 cm³/mol. The molecule has 0 aromatic carbocycles. The van der Waals surface area contributed by atoms with Gasteiger partial charge in [0.2, 0.25) is 5.91 Å². The molecule has 0 aromatic heterocycles. The number of carbonyl (C=O) groups excluding carboxylic acids is 2. The van der Waals surface area contributed by atoms with Crippen molar-refractivity contribution >= 4 is 17.9 Å². The van der Waals surface area contributed by atoms with E-state index >= 15 is 0 Å². The molecule has 7 nitrogen and oxygen atoms in total. The third kappa shape index (κ3) is 8.37. The number of hydrogen-bond donors (Lipinski definition) is 4. The lowest BCUT2D eigenvalue weighted by Gasteiger charge is -2.11. The van der Waals surface area contributed by atoms with Gasteiger partial charge in [-0.1, -0.05) is 13.8 Å². The van der Waals surface area contributed by atoms with Crippen molar-refractivity contribution in [3.8, 4) is 0 Å². The standard InChI is InChI=1S/C11H21N3O4/c1-7(2)6-13-9(15)4-5-12-11(18)14-8(3)10(16)17/h7-8H,4-6H2,1-3H3,(H,13,15)(H,16,17)(H2,12,14,18)/t8-/m0/s1. The van der Waals surface area contributed by atoms with Crippen LogP contribution in [0.5, 0.6) is 0 Å². The lowest BCUT2D eigenvalue weighted by Crippen LogP contribution is -2.45. The first-order valence-corrected chi connectivity index (χ1v) is 5.86. The van der Waals surface area contributed by atoms with Crippen LogP contribution in [0.3, 0.4) is 0 Å². The molecule has 0 heterocycles. The summed E-state index contributed by atoms with van der Waals surface area (Å²) in [6.07, 6.45) is 0.168. The van der Waals surface area contributed by atoms with Crippen LogP contribution in [0.1, 0.15) is 27.2 Å². The molecule has 3 amide bonds.